The zero-order valence-corrected chi connectivity index (χ0v) is 28.2. The van der Waals surface area contributed by atoms with E-state index in [1.165, 1.54) is 19.2 Å². The van der Waals surface area contributed by atoms with Crippen LogP contribution >= 0.6 is 0 Å². The smallest absolute Gasteiger partial charge is 0.327 e. The molecule has 2 saturated heterocycles. The standard InChI is InChI=1S/C31H33F2N7O4.2C2H6/c1-44-26-9-2-5-20(35-26)18-39-17-19(22-6-3-7-23(32)27(22)33)10-11-24(29(39)41)36-30(42)38-15-12-21(13-16-38)40-25-8-4-14-34-28(25)37-31(40)43;2*1-2/h2-9,14,19,21,24H,10-13,15-18H2,1H3,(H,36,42)(H,34,37,43);2*1-2H3. The number of aromatic nitrogens is 4. The molecule has 1 aromatic carbocycles. The first kappa shape index (κ1) is 36.0. The third-order valence-electron chi connectivity index (χ3n) is 8.52. The van der Waals surface area contributed by atoms with Crippen molar-refractivity contribution in [2.45, 2.75) is 77.9 Å². The van der Waals surface area contributed by atoms with Crippen molar-refractivity contribution in [2.75, 3.05) is 26.7 Å². The lowest BCUT2D eigenvalue weighted by atomic mass is 9.93. The van der Waals surface area contributed by atoms with E-state index >= 15 is 0 Å². The van der Waals surface area contributed by atoms with E-state index in [9.17, 15) is 23.2 Å². The molecule has 3 aromatic heterocycles. The van der Waals surface area contributed by atoms with Gasteiger partial charge in [0.15, 0.2) is 17.3 Å². The molecule has 0 radical (unpaired) electrons. The van der Waals surface area contributed by atoms with Gasteiger partial charge in [-0.3, -0.25) is 14.3 Å². The summed E-state index contributed by atoms with van der Waals surface area (Å²) in [7, 11) is 1.50. The molecule has 6 rings (SSSR count). The molecular formula is C35H45F2N7O4. The number of imidazole rings is 1. The highest BCUT2D eigenvalue weighted by Crippen LogP contribution is 2.31. The maximum Gasteiger partial charge on any atom is 0.327 e. The van der Waals surface area contributed by atoms with E-state index < -0.39 is 23.6 Å². The third kappa shape index (κ3) is 8.00. The van der Waals surface area contributed by atoms with Crippen LogP contribution in [0.5, 0.6) is 5.88 Å². The van der Waals surface area contributed by atoms with Gasteiger partial charge in [0.1, 0.15) is 6.04 Å². The fraction of sp³-hybridized carbons (Fsp3) is 0.457. The molecule has 258 valence electrons. The highest BCUT2D eigenvalue weighted by molar-refractivity contribution is 5.87. The Labute approximate surface area is 279 Å². The SMILES string of the molecule is CC.CC.COc1cccc(CN2CC(c3cccc(F)c3F)CCC(NC(=O)N3CCC(n4c(=O)[nH]c5ncccc54)CC3)C2=O)n1. The number of carbonyl (C=O) groups is 2. The van der Waals surface area contributed by atoms with E-state index in [1.54, 1.807) is 44.8 Å². The molecule has 0 saturated carbocycles. The fourth-order valence-electron chi connectivity index (χ4n) is 6.27. The number of amides is 3. The summed E-state index contributed by atoms with van der Waals surface area (Å²) in [6.45, 7) is 9.02. The van der Waals surface area contributed by atoms with Crippen molar-refractivity contribution >= 4 is 23.1 Å². The van der Waals surface area contributed by atoms with Gasteiger partial charge in [0.2, 0.25) is 11.8 Å². The predicted octanol–water partition coefficient (Wildman–Crippen LogP) is 5.78. The number of nitrogens with one attached hydrogen (secondary N) is 2. The molecule has 0 aliphatic carbocycles. The molecule has 2 fully saturated rings. The molecule has 0 bridgehead atoms. The normalized spacial score (nSPS) is 18.3. The zero-order chi connectivity index (χ0) is 34.8. The fourth-order valence-corrected chi connectivity index (χ4v) is 6.27. The maximum atomic E-state index is 14.9. The number of likely N-dealkylation sites (tertiary alicyclic amines) is 2. The number of ether oxygens (including phenoxy) is 1. The van der Waals surface area contributed by atoms with E-state index in [-0.39, 0.29) is 48.7 Å². The molecule has 48 heavy (non-hydrogen) atoms. The Balaban J connectivity index is 0.00000125. The van der Waals surface area contributed by atoms with E-state index in [4.69, 9.17) is 4.74 Å². The number of methoxy groups -OCH3 is 1. The van der Waals surface area contributed by atoms with Crippen LogP contribution in [0.4, 0.5) is 13.6 Å². The topological polar surface area (TPSA) is 125 Å². The van der Waals surface area contributed by atoms with Crippen molar-refractivity contribution in [1.82, 2.24) is 34.6 Å². The number of pyridine rings is 2. The molecule has 2 atom stereocenters. The molecule has 5 heterocycles. The van der Waals surface area contributed by atoms with Gasteiger partial charge in [-0.1, -0.05) is 45.9 Å². The van der Waals surface area contributed by atoms with Gasteiger partial charge in [-0.25, -0.2) is 28.3 Å². The Morgan fingerprint density at radius 3 is 2.44 bits per heavy atom. The largest absolute Gasteiger partial charge is 0.481 e. The second kappa shape index (κ2) is 16.8. The molecule has 2 aliphatic heterocycles. The summed E-state index contributed by atoms with van der Waals surface area (Å²) >= 11 is 0. The van der Waals surface area contributed by atoms with Gasteiger partial charge in [0, 0.05) is 43.9 Å². The third-order valence-corrected chi connectivity index (χ3v) is 8.52. The summed E-state index contributed by atoms with van der Waals surface area (Å²) in [5.41, 5.74) is 1.76. The Kier molecular flexibility index (Phi) is 12.6. The lowest BCUT2D eigenvalue weighted by Crippen LogP contribution is -2.53. The van der Waals surface area contributed by atoms with Gasteiger partial charge in [-0.05, 0) is 55.5 Å². The first-order valence-electron chi connectivity index (χ1n) is 16.7. The summed E-state index contributed by atoms with van der Waals surface area (Å²) < 4.78 is 35.9. The number of piperidine rings is 1. The highest BCUT2D eigenvalue weighted by Gasteiger charge is 2.36. The quantitative estimate of drug-likeness (QED) is 0.269. The second-order valence-electron chi connectivity index (χ2n) is 11.2. The van der Waals surface area contributed by atoms with Crippen LogP contribution in [0.3, 0.4) is 0 Å². The number of H-pyrrole nitrogens is 1. The summed E-state index contributed by atoms with van der Waals surface area (Å²) in [6.07, 6.45) is 3.35. The minimum atomic E-state index is -0.946. The van der Waals surface area contributed by atoms with Crippen LogP contribution in [0.15, 0.2) is 59.5 Å². The number of aromatic amines is 1. The summed E-state index contributed by atoms with van der Waals surface area (Å²) in [4.78, 5) is 54.5. The van der Waals surface area contributed by atoms with Crippen LogP contribution in [0.25, 0.3) is 11.2 Å². The van der Waals surface area contributed by atoms with E-state index in [1.807, 2.05) is 33.8 Å². The Morgan fingerprint density at radius 1 is 0.979 bits per heavy atom. The molecule has 0 spiro atoms. The molecule has 2 N–H and O–H groups in total. The summed E-state index contributed by atoms with van der Waals surface area (Å²) in [5.74, 6) is -2.30. The van der Waals surface area contributed by atoms with E-state index in [2.05, 4.69) is 20.3 Å². The average Bonchev–Trinajstić information content (AvgIpc) is 3.39. The number of fused-ring (bicyclic) bond motifs is 1. The molecular weight excluding hydrogens is 620 g/mol. The van der Waals surface area contributed by atoms with Gasteiger partial charge in [-0.2, -0.15) is 0 Å². The van der Waals surface area contributed by atoms with Crippen LogP contribution < -0.4 is 15.7 Å². The number of rotatable bonds is 6. The summed E-state index contributed by atoms with van der Waals surface area (Å²) in [6, 6.07) is 11.5. The number of nitrogens with zero attached hydrogens (tertiary/aromatic N) is 5. The van der Waals surface area contributed by atoms with Gasteiger partial charge in [0.25, 0.3) is 0 Å². The van der Waals surface area contributed by atoms with Crippen molar-refractivity contribution in [3.05, 3.63) is 88.1 Å². The van der Waals surface area contributed by atoms with Crippen LogP contribution in [-0.4, -0.2) is 74.0 Å². The Bertz CT molecular complexity index is 1740. The number of benzene rings is 1. The van der Waals surface area contributed by atoms with Gasteiger partial charge < -0.3 is 19.9 Å². The minimum Gasteiger partial charge on any atom is -0.481 e. The zero-order valence-electron chi connectivity index (χ0n) is 28.2. The lowest BCUT2D eigenvalue weighted by molar-refractivity contribution is -0.133. The van der Waals surface area contributed by atoms with E-state index in [0.717, 1.165) is 11.6 Å². The van der Waals surface area contributed by atoms with Crippen molar-refractivity contribution in [3.63, 3.8) is 0 Å². The number of halogens is 2. The first-order valence-corrected chi connectivity index (χ1v) is 16.7. The number of hydrogen-bond acceptors (Lipinski definition) is 6. The van der Waals surface area contributed by atoms with Crippen LogP contribution in [0.2, 0.25) is 0 Å². The highest BCUT2D eigenvalue weighted by atomic mass is 19.2. The summed E-state index contributed by atoms with van der Waals surface area (Å²) in [5, 5.41) is 2.90. The van der Waals surface area contributed by atoms with Crippen molar-refractivity contribution < 1.29 is 23.1 Å². The lowest BCUT2D eigenvalue weighted by Gasteiger charge is -2.34. The van der Waals surface area contributed by atoms with Gasteiger partial charge in [-0.15, -0.1) is 0 Å². The minimum absolute atomic E-state index is 0.100. The van der Waals surface area contributed by atoms with Gasteiger partial charge >= 0.3 is 11.7 Å². The Morgan fingerprint density at radius 2 is 1.71 bits per heavy atom. The predicted molar refractivity (Wildman–Crippen MR) is 180 cm³/mol. The maximum absolute atomic E-state index is 14.9. The van der Waals surface area contributed by atoms with Crippen molar-refractivity contribution in [1.29, 1.82) is 0 Å². The van der Waals surface area contributed by atoms with Crippen molar-refractivity contribution in [2.24, 2.45) is 0 Å². The van der Waals surface area contributed by atoms with Gasteiger partial charge in [0.05, 0.1) is 24.9 Å². The van der Waals surface area contributed by atoms with E-state index in [0.29, 0.717) is 49.6 Å². The molecule has 11 nitrogen and oxygen atoms in total. The van der Waals surface area contributed by atoms with Crippen molar-refractivity contribution in [3.8, 4) is 5.88 Å². The molecule has 3 amide bonds. The average molecular weight is 666 g/mol. The number of carbonyl (C=O) groups excluding carboxylic acids is 2. The van der Waals surface area contributed by atoms with Crippen LogP contribution in [0.1, 0.15) is 76.6 Å². The molecule has 13 heteroatoms. The van der Waals surface area contributed by atoms with Crippen LogP contribution in [-0.2, 0) is 11.3 Å². The number of hydrogen-bond donors (Lipinski definition) is 2. The molecule has 2 aliphatic rings. The van der Waals surface area contributed by atoms with Crippen LogP contribution in [0, 0.1) is 11.6 Å². The number of urea groups is 1. The molecule has 2 unspecified atom stereocenters. The monoisotopic (exact) mass is 665 g/mol. The first-order chi connectivity index (χ1) is 23.3. The second-order valence-corrected chi connectivity index (χ2v) is 11.2. The molecule has 4 aromatic rings. The Hall–Kier alpha value is -4.81.